The Labute approximate surface area is 134 Å². The summed E-state index contributed by atoms with van der Waals surface area (Å²) in [7, 11) is 0. The van der Waals surface area contributed by atoms with Gasteiger partial charge in [0.1, 0.15) is 5.52 Å². The van der Waals surface area contributed by atoms with Gasteiger partial charge in [0, 0.05) is 31.6 Å². The first kappa shape index (κ1) is 13.7. The highest BCUT2D eigenvalue weighted by Gasteiger charge is 2.21. The van der Waals surface area contributed by atoms with Crippen molar-refractivity contribution in [1.29, 1.82) is 0 Å². The molecule has 0 aromatic carbocycles. The number of hydrogen-bond donors (Lipinski definition) is 2. The van der Waals surface area contributed by atoms with Crippen molar-refractivity contribution in [3.05, 3.63) is 32.6 Å². The van der Waals surface area contributed by atoms with E-state index in [1.807, 2.05) is 16.8 Å². The second-order valence-corrected chi connectivity index (χ2v) is 6.12. The van der Waals surface area contributed by atoms with Crippen LogP contribution in [-0.2, 0) is 0 Å². The number of nitrogens with zero attached hydrogens (tertiary/aromatic N) is 4. The molecule has 0 unspecified atom stereocenters. The first-order valence-electron chi connectivity index (χ1n) is 6.90. The molecule has 114 valence electrons. The predicted molar refractivity (Wildman–Crippen MR) is 87.5 cm³/mol. The summed E-state index contributed by atoms with van der Waals surface area (Å²) in [6.07, 6.45) is 0. The van der Waals surface area contributed by atoms with Gasteiger partial charge in [0.25, 0.3) is 0 Å². The zero-order chi connectivity index (χ0) is 15.1. The van der Waals surface area contributed by atoms with Crippen LogP contribution in [0.3, 0.4) is 0 Å². The fourth-order valence-electron chi connectivity index (χ4n) is 2.67. The van der Waals surface area contributed by atoms with E-state index in [2.05, 4.69) is 25.2 Å². The van der Waals surface area contributed by atoms with E-state index in [0.717, 1.165) is 31.9 Å². The molecule has 9 heteroatoms. The molecule has 4 heterocycles. The van der Waals surface area contributed by atoms with Crippen molar-refractivity contribution in [3.63, 3.8) is 0 Å². The number of fused-ring (bicyclic) bond motifs is 1. The Bertz CT molecular complexity index is 865. The number of rotatable bonds is 2. The second-order valence-electron chi connectivity index (χ2n) is 5.00. The van der Waals surface area contributed by atoms with E-state index in [1.165, 1.54) is 15.9 Å². The van der Waals surface area contributed by atoms with Crippen LogP contribution < -0.4 is 15.9 Å². The van der Waals surface area contributed by atoms with Gasteiger partial charge in [-0.25, -0.2) is 9.36 Å². The van der Waals surface area contributed by atoms with Crippen molar-refractivity contribution in [3.8, 4) is 5.69 Å². The monoisotopic (exact) mass is 336 g/mol. The lowest BCUT2D eigenvalue weighted by molar-refractivity contribution is 0.586. The summed E-state index contributed by atoms with van der Waals surface area (Å²) in [6, 6.07) is 1.87. The van der Waals surface area contributed by atoms with Gasteiger partial charge in [0.2, 0.25) is 5.28 Å². The molecule has 1 aliphatic heterocycles. The van der Waals surface area contributed by atoms with Crippen LogP contribution in [-0.4, -0.2) is 45.7 Å². The summed E-state index contributed by atoms with van der Waals surface area (Å²) < 4.78 is 1.53. The zero-order valence-corrected chi connectivity index (χ0v) is 13.1. The molecule has 0 aliphatic carbocycles. The Morgan fingerprint density at radius 1 is 1.27 bits per heavy atom. The van der Waals surface area contributed by atoms with Gasteiger partial charge < -0.3 is 15.2 Å². The Kier molecular flexibility index (Phi) is 3.36. The number of H-pyrrole nitrogens is 1. The maximum absolute atomic E-state index is 12.4. The molecule has 2 N–H and O–H groups in total. The fourth-order valence-corrected chi connectivity index (χ4v) is 3.45. The molecule has 0 atom stereocenters. The minimum atomic E-state index is -0.235. The molecule has 1 saturated heterocycles. The molecule has 0 radical (unpaired) electrons. The number of aromatic amines is 1. The summed E-state index contributed by atoms with van der Waals surface area (Å²) in [6.45, 7) is 3.37. The first-order valence-corrected chi connectivity index (χ1v) is 8.22. The fraction of sp³-hybridized carbons (Fsp3) is 0.308. The molecule has 22 heavy (non-hydrogen) atoms. The Morgan fingerprint density at radius 2 is 2.09 bits per heavy atom. The smallest absolute Gasteiger partial charge is 0.332 e. The number of aromatic nitrogens is 4. The third-order valence-electron chi connectivity index (χ3n) is 3.67. The van der Waals surface area contributed by atoms with Gasteiger partial charge >= 0.3 is 5.69 Å². The van der Waals surface area contributed by atoms with Crippen LogP contribution in [0.1, 0.15) is 0 Å². The number of hydrogen-bond acceptors (Lipinski definition) is 6. The zero-order valence-electron chi connectivity index (χ0n) is 11.5. The minimum Gasteiger partial charge on any atom is -0.352 e. The molecule has 0 spiro atoms. The molecule has 3 aromatic rings. The molecular weight excluding hydrogens is 324 g/mol. The number of anilines is 1. The third kappa shape index (κ3) is 2.20. The Morgan fingerprint density at radius 3 is 2.82 bits per heavy atom. The largest absolute Gasteiger partial charge is 0.352 e. The van der Waals surface area contributed by atoms with Crippen molar-refractivity contribution in [1.82, 2.24) is 24.8 Å². The van der Waals surface area contributed by atoms with Gasteiger partial charge in [-0.3, -0.25) is 0 Å². The summed E-state index contributed by atoms with van der Waals surface area (Å²) in [5.74, 6) is 0.683. The van der Waals surface area contributed by atoms with Crippen molar-refractivity contribution < 1.29 is 0 Å². The van der Waals surface area contributed by atoms with Crippen LogP contribution in [0.15, 0.2) is 21.6 Å². The van der Waals surface area contributed by atoms with E-state index >= 15 is 0 Å². The molecule has 4 rings (SSSR count). The van der Waals surface area contributed by atoms with Crippen LogP contribution in [0.4, 0.5) is 5.82 Å². The molecule has 7 nitrogen and oxygen atoms in total. The highest BCUT2D eigenvalue weighted by Crippen LogP contribution is 2.25. The SMILES string of the molecule is O=c1[nH]c2c(N3CCNCC3)nc(Cl)nc2n1-c1ccsc1. The van der Waals surface area contributed by atoms with Gasteiger partial charge in [-0.15, -0.1) is 0 Å². The standard InChI is InChI=1S/C13H13ClN6OS/c14-12-17-10(19-4-2-15-3-5-19)9-11(18-12)20(13(21)16-9)8-1-6-22-7-8/h1,6-7,15H,2-5H2,(H,16,21). The summed E-state index contributed by atoms with van der Waals surface area (Å²) in [4.78, 5) is 25.9. The van der Waals surface area contributed by atoms with Gasteiger partial charge in [-0.05, 0) is 23.0 Å². The number of imidazole rings is 1. The second kappa shape index (κ2) is 5.38. The van der Waals surface area contributed by atoms with Crippen LogP contribution in [0.2, 0.25) is 5.28 Å². The minimum absolute atomic E-state index is 0.143. The lowest BCUT2D eigenvalue weighted by Gasteiger charge is -2.28. The summed E-state index contributed by atoms with van der Waals surface area (Å²) >= 11 is 7.62. The predicted octanol–water partition coefficient (Wildman–Crippen LogP) is 1.23. The molecule has 0 bridgehead atoms. The van der Waals surface area contributed by atoms with E-state index in [1.54, 1.807) is 0 Å². The van der Waals surface area contributed by atoms with Crippen molar-refractivity contribution in [2.24, 2.45) is 0 Å². The van der Waals surface area contributed by atoms with E-state index in [4.69, 9.17) is 11.6 Å². The van der Waals surface area contributed by atoms with Crippen molar-refractivity contribution in [2.45, 2.75) is 0 Å². The van der Waals surface area contributed by atoms with Crippen LogP contribution in [0.25, 0.3) is 16.9 Å². The van der Waals surface area contributed by atoms with Crippen molar-refractivity contribution >= 4 is 39.9 Å². The Balaban J connectivity index is 1.96. The van der Waals surface area contributed by atoms with E-state index in [9.17, 15) is 4.79 Å². The number of piperazine rings is 1. The summed E-state index contributed by atoms with van der Waals surface area (Å²) in [5.41, 5.74) is 1.68. The molecule has 0 amide bonds. The maximum Gasteiger partial charge on any atom is 0.332 e. The third-order valence-corrected chi connectivity index (χ3v) is 4.51. The van der Waals surface area contributed by atoms with Gasteiger partial charge in [-0.2, -0.15) is 21.3 Å². The summed E-state index contributed by atoms with van der Waals surface area (Å²) in [5, 5.41) is 7.25. The lowest BCUT2D eigenvalue weighted by Crippen LogP contribution is -2.44. The average molecular weight is 337 g/mol. The van der Waals surface area contributed by atoms with Crippen LogP contribution >= 0.6 is 22.9 Å². The molecule has 1 aliphatic rings. The Hall–Kier alpha value is -1.90. The molecule has 3 aromatic heterocycles. The molecule has 0 saturated carbocycles. The highest BCUT2D eigenvalue weighted by atomic mass is 35.5. The first-order chi connectivity index (χ1) is 10.7. The average Bonchev–Trinajstić information content (AvgIpc) is 3.14. The normalized spacial score (nSPS) is 15.6. The molecular formula is C13H13ClN6OS. The van der Waals surface area contributed by atoms with Crippen molar-refractivity contribution in [2.75, 3.05) is 31.1 Å². The number of halogens is 1. The van der Waals surface area contributed by atoms with E-state index in [0.29, 0.717) is 17.0 Å². The van der Waals surface area contributed by atoms with Gasteiger partial charge in [0.05, 0.1) is 5.69 Å². The topological polar surface area (TPSA) is 78.8 Å². The van der Waals surface area contributed by atoms with Gasteiger partial charge in [-0.1, -0.05) is 0 Å². The number of nitrogens with one attached hydrogen (secondary N) is 2. The van der Waals surface area contributed by atoms with E-state index < -0.39 is 0 Å². The van der Waals surface area contributed by atoms with Gasteiger partial charge in [0.15, 0.2) is 11.5 Å². The van der Waals surface area contributed by atoms with E-state index in [-0.39, 0.29) is 11.0 Å². The molecule has 1 fully saturated rings. The highest BCUT2D eigenvalue weighted by molar-refractivity contribution is 7.08. The quantitative estimate of drug-likeness (QED) is 0.688. The van der Waals surface area contributed by atoms with Crippen LogP contribution in [0, 0.1) is 0 Å². The lowest BCUT2D eigenvalue weighted by atomic mass is 10.3. The van der Waals surface area contributed by atoms with Crippen LogP contribution in [0.5, 0.6) is 0 Å². The number of thiophene rings is 1. The maximum atomic E-state index is 12.4.